The Hall–Kier alpha value is -2.17. The van der Waals surface area contributed by atoms with Crippen LogP contribution in [0.1, 0.15) is 50.4 Å². The SMILES string of the molecule is CCCc1nc(CN(CC)C(=O)CCCc2ccccc2)no1. The van der Waals surface area contributed by atoms with Gasteiger partial charge in [-0.1, -0.05) is 42.4 Å². The third-order valence-electron chi connectivity index (χ3n) is 3.74. The van der Waals surface area contributed by atoms with E-state index in [4.69, 9.17) is 4.52 Å². The van der Waals surface area contributed by atoms with Gasteiger partial charge in [0.15, 0.2) is 5.82 Å². The van der Waals surface area contributed by atoms with Gasteiger partial charge in [-0.2, -0.15) is 4.98 Å². The number of nitrogens with zero attached hydrogens (tertiary/aromatic N) is 3. The van der Waals surface area contributed by atoms with Crippen molar-refractivity contribution in [1.29, 1.82) is 0 Å². The van der Waals surface area contributed by atoms with Crippen LogP contribution in [-0.2, 0) is 24.2 Å². The molecular formula is C18H25N3O2. The number of hydrogen-bond acceptors (Lipinski definition) is 4. The van der Waals surface area contributed by atoms with Crippen LogP contribution in [-0.4, -0.2) is 27.5 Å². The van der Waals surface area contributed by atoms with Crippen molar-refractivity contribution < 1.29 is 9.32 Å². The van der Waals surface area contributed by atoms with Crippen LogP contribution in [0.3, 0.4) is 0 Å². The third kappa shape index (κ3) is 5.51. The van der Waals surface area contributed by atoms with Gasteiger partial charge < -0.3 is 9.42 Å². The van der Waals surface area contributed by atoms with Crippen molar-refractivity contribution in [2.24, 2.45) is 0 Å². The first kappa shape index (κ1) is 17.2. The van der Waals surface area contributed by atoms with E-state index < -0.39 is 0 Å². The molecule has 0 aliphatic heterocycles. The van der Waals surface area contributed by atoms with Crippen molar-refractivity contribution in [3.05, 3.63) is 47.6 Å². The van der Waals surface area contributed by atoms with E-state index in [1.807, 2.05) is 25.1 Å². The molecule has 1 aromatic heterocycles. The molecule has 124 valence electrons. The maximum atomic E-state index is 12.3. The highest BCUT2D eigenvalue weighted by Gasteiger charge is 2.15. The first-order valence-electron chi connectivity index (χ1n) is 8.36. The molecule has 0 unspecified atom stereocenters. The minimum absolute atomic E-state index is 0.144. The molecule has 0 aliphatic carbocycles. The summed E-state index contributed by atoms with van der Waals surface area (Å²) in [5.74, 6) is 1.38. The zero-order chi connectivity index (χ0) is 16.5. The molecule has 0 atom stereocenters. The van der Waals surface area contributed by atoms with Gasteiger partial charge in [0, 0.05) is 19.4 Å². The molecule has 2 rings (SSSR count). The summed E-state index contributed by atoms with van der Waals surface area (Å²) in [6.45, 7) is 5.12. The quantitative estimate of drug-likeness (QED) is 0.711. The van der Waals surface area contributed by atoms with E-state index in [1.54, 1.807) is 4.90 Å². The van der Waals surface area contributed by atoms with E-state index >= 15 is 0 Å². The van der Waals surface area contributed by atoms with Gasteiger partial charge >= 0.3 is 0 Å². The smallest absolute Gasteiger partial charge is 0.226 e. The fourth-order valence-electron chi connectivity index (χ4n) is 2.46. The second kappa shape index (κ2) is 9.08. The number of aromatic nitrogens is 2. The van der Waals surface area contributed by atoms with Crippen LogP contribution in [0.15, 0.2) is 34.9 Å². The van der Waals surface area contributed by atoms with E-state index in [0.29, 0.717) is 31.2 Å². The molecule has 0 aliphatic rings. The maximum Gasteiger partial charge on any atom is 0.226 e. The first-order valence-corrected chi connectivity index (χ1v) is 8.36. The molecule has 1 amide bonds. The van der Waals surface area contributed by atoms with Crippen LogP contribution >= 0.6 is 0 Å². The summed E-state index contributed by atoms with van der Waals surface area (Å²) in [5, 5.41) is 3.95. The Balaban J connectivity index is 1.80. The second-order valence-corrected chi connectivity index (χ2v) is 5.60. The molecule has 0 bridgehead atoms. The Morgan fingerprint density at radius 3 is 2.65 bits per heavy atom. The molecular weight excluding hydrogens is 290 g/mol. The monoisotopic (exact) mass is 315 g/mol. The van der Waals surface area contributed by atoms with E-state index in [1.165, 1.54) is 5.56 Å². The largest absolute Gasteiger partial charge is 0.339 e. The fraction of sp³-hybridized carbons (Fsp3) is 0.500. The third-order valence-corrected chi connectivity index (χ3v) is 3.74. The van der Waals surface area contributed by atoms with Crippen LogP contribution in [0.25, 0.3) is 0 Å². The minimum atomic E-state index is 0.144. The Morgan fingerprint density at radius 1 is 1.17 bits per heavy atom. The van der Waals surface area contributed by atoms with Crippen molar-refractivity contribution in [2.75, 3.05) is 6.54 Å². The number of aryl methyl sites for hydroxylation is 2. The topological polar surface area (TPSA) is 59.2 Å². The lowest BCUT2D eigenvalue weighted by atomic mass is 10.1. The van der Waals surface area contributed by atoms with Gasteiger partial charge in [-0.15, -0.1) is 0 Å². The lowest BCUT2D eigenvalue weighted by Crippen LogP contribution is -2.30. The van der Waals surface area contributed by atoms with Crippen molar-refractivity contribution in [1.82, 2.24) is 15.0 Å². The van der Waals surface area contributed by atoms with Crippen molar-refractivity contribution in [3.8, 4) is 0 Å². The van der Waals surface area contributed by atoms with Crippen molar-refractivity contribution >= 4 is 5.91 Å². The summed E-state index contributed by atoms with van der Waals surface area (Å²) in [4.78, 5) is 18.5. The Bertz CT molecular complexity index is 595. The lowest BCUT2D eigenvalue weighted by Gasteiger charge is -2.18. The minimum Gasteiger partial charge on any atom is -0.339 e. The number of benzene rings is 1. The van der Waals surface area contributed by atoms with E-state index in [2.05, 4.69) is 29.2 Å². The second-order valence-electron chi connectivity index (χ2n) is 5.60. The Labute approximate surface area is 137 Å². The summed E-state index contributed by atoms with van der Waals surface area (Å²) in [6, 6.07) is 10.2. The Kier molecular flexibility index (Phi) is 6.78. The molecule has 0 saturated carbocycles. The summed E-state index contributed by atoms with van der Waals surface area (Å²) >= 11 is 0. The molecule has 23 heavy (non-hydrogen) atoms. The highest BCUT2D eigenvalue weighted by atomic mass is 16.5. The van der Waals surface area contributed by atoms with Crippen LogP contribution in [0.4, 0.5) is 0 Å². The molecule has 2 aromatic rings. The molecule has 0 fully saturated rings. The predicted octanol–water partition coefficient (Wildman–Crippen LogP) is 3.39. The summed E-state index contributed by atoms with van der Waals surface area (Å²) in [6.07, 6.45) is 4.07. The van der Waals surface area contributed by atoms with E-state index in [0.717, 1.165) is 25.7 Å². The zero-order valence-electron chi connectivity index (χ0n) is 14.0. The van der Waals surface area contributed by atoms with Gasteiger partial charge in [-0.05, 0) is 31.7 Å². The highest BCUT2D eigenvalue weighted by molar-refractivity contribution is 5.76. The number of carbonyl (C=O) groups is 1. The van der Waals surface area contributed by atoms with E-state index in [9.17, 15) is 4.79 Å². The average molecular weight is 315 g/mol. The maximum absolute atomic E-state index is 12.3. The number of hydrogen-bond donors (Lipinski definition) is 0. The first-order chi connectivity index (χ1) is 11.2. The molecule has 5 heteroatoms. The fourth-order valence-corrected chi connectivity index (χ4v) is 2.46. The molecule has 0 N–H and O–H groups in total. The number of rotatable bonds is 9. The molecule has 0 saturated heterocycles. The Morgan fingerprint density at radius 2 is 1.96 bits per heavy atom. The van der Waals surface area contributed by atoms with Crippen LogP contribution in [0.5, 0.6) is 0 Å². The van der Waals surface area contributed by atoms with E-state index in [-0.39, 0.29) is 5.91 Å². The number of amides is 1. The molecule has 1 aromatic carbocycles. The average Bonchev–Trinajstić information content (AvgIpc) is 3.01. The van der Waals surface area contributed by atoms with Crippen LogP contribution in [0.2, 0.25) is 0 Å². The normalized spacial score (nSPS) is 10.7. The van der Waals surface area contributed by atoms with Gasteiger partial charge in [0.2, 0.25) is 11.8 Å². The summed E-state index contributed by atoms with van der Waals surface area (Å²) in [7, 11) is 0. The van der Waals surface area contributed by atoms with Crippen molar-refractivity contribution in [3.63, 3.8) is 0 Å². The lowest BCUT2D eigenvalue weighted by molar-refractivity contribution is -0.131. The van der Waals surface area contributed by atoms with Crippen molar-refractivity contribution in [2.45, 2.75) is 52.5 Å². The zero-order valence-corrected chi connectivity index (χ0v) is 14.0. The molecule has 1 heterocycles. The summed E-state index contributed by atoms with van der Waals surface area (Å²) in [5.41, 5.74) is 1.27. The van der Waals surface area contributed by atoms with Crippen LogP contribution in [0, 0.1) is 0 Å². The van der Waals surface area contributed by atoms with Gasteiger partial charge in [0.05, 0.1) is 6.54 Å². The van der Waals surface area contributed by atoms with Crippen LogP contribution < -0.4 is 0 Å². The molecule has 0 radical (unpaired) electrons. The van der Waals surface area contributed by atoms with Gasteiger partial charge in [0.25, 0.3) is 0 Å². The van der Waals surface area contributed by atoms with Gasteiger partial charge in [-0.25, -0.2) is 0 Å². The summed E-state index contributed by atoms with van der Waals surface area (Å²) < 4.78 is 5.17. The molecule has 0 spiro atoms. The van der Waals surface area contributed by atoms with Gasteiger partial charge in [0.1, 0.15) is 0 Å². The van der Waals surface area contributed by atoms with Gasteiger partial charge in [-0.3, -0.25) is 4.79 Å². The molecule has 5 nitrogen and oxygen atoms in total. The highest BCUT2D eigenvalue weighted by Crippen LogP contribution is 2.09. The standard InChI is InChI=1S/C18H25N3O2/c1-3-9-17-19-16(20-23-17)14-21(4-2)18(22)13-8-12-15-10-6-5-7-11-15/h5-7,10-11H,3-4,8-9,12-14H2,1-2H3. The number of carbonyl (C=O) groups excluding carboxylic acids is 1. The predicted molar refractivity (Wildman–Crippen MR) is 88.8 cm³/mol.